The molecule has 1 saturated heterocycles. The fourth-order valence-electron chi connectivity index (χ4n) is 4.77. The maximum atomic E-state index is 12.5. The van der Waals surface area contributed by atoms with E-state index in [1.54, 1.807) is 0 Å². The molecule has 1 aliphatic carbocycles. The molecule has 2 unspecified atom stereocenters. The van der Waals surface area contributed by atoms with E-state index in [4.69, 9.17) is 4.74 Å². The minimum atomic E-state index is 0.0983. The fourth-order valence-corrected chi connectivity index (χ4v) is 4.77. The van der Waals surface area contributed by atoms with Crippen molar-refractivity contribution in [1.29, 1.82) is 0 Å². The Balaban J connectivity index is 1.41. The minimum Gasteiger partial charge on any atom is -0.494 e. The summed E-state index contributed by atoms with van der Waals surface area (Å²) in [7, 11) is 0. The summed E-state index contributed by atoms with van der Waals surface area (Å²) in [5.74, 6) is 0.882. The van der Waals surface area contributed by atoms with E-state index >= 15 is 0 Å². The molecule has 2 fully saturated rings. The molecular formula is C20H30N2O2. The number of carbonyl (C=O) groups is 1. The molecule has 0 spiro atoms. The van der Waals surface area contributed by atoms with Crippen LogP contribution in [0.3, 0.4) is 0 Å². The lowest BCUT2D eigenvalue weighted by Crippen LogP contribution is -2.44. The smallest absolute Gasteiger partial charge is 0.317 e. The van der Waals surface area contributed by atoms with Gasteiger partial charge in [0.2, 0.25) is 0 Å². The van der Waals surface area contributed by atoms with Crippen molar-refractivity contribution in [3.8, 4) is 5.75 Å². The van der Waals surface area contributed by atoms with Gasteiger partial charge < -0.3 is 15.0 Å². The second-order valence-electron chi connectivity index (χ2n) is 8.59. The van der Waals surface area contributed by atoms with Crippen LogP contribution in [0.4, 0.5) is 4.79 Å². The molecule has 1 heterocycles. The standard InChI is InChI=1S/C20H30N2O2/c1-19(2)12-16-13-20(3,14-19)15-22(16)18(23)21-10-7-11-24-17-8-5-4-6-9-17/h4-6,8-9,16H,7,10-15H2,1-3H3,(H,21,23). The molecule has 4 heteroatoms. The zero-order valence-corrected chi connectivity index (χ0v) is 15.2. The first-order valence-corrected chi connectivity index (χ1v) is 9.09. The topological polar surface area (TPSA) is 41.6 Å². The molecule has 1 N–H and O–H groups in total. The van der Waals surface area contributed by atoms with E-state index < -0.39 is 0 Å². The van der Waals surface area contributed by atoms with Crippen LogP contribution in [0.1, 0.15) is 46.5 Å². The lowest BCUT2D eigenvalue weighted by molar-refractivity contribution is 0.129. The molecule has 2 atom stereocenters. The number of fused-ring (bicyclic) bond motifs is 2. The summed E-state index contributed by atoms with van der Waals surface area (Å²) in [4.78, 5) is 14.6. The largest absolute Gasteiger partial charge is 0.494 e. The van der Waals surface area contributed by atoms with Gasteiger partial charge in [0, 0.05) is 19.1 Å². The van der Waals surface area contributed by atoms with Gasteiger partial charge in [0.25, 0.3) is 0 Å². The lowest BCUT2D eigenvalue weighted by atomic mass is 9.65. The Kier molecular flexibility index (Phi) is 4.75. The summed E-state index contributed by atoms with van der Waals surface area (Å²) in [6.07, 6.45) is 4.31. The number of carbonyl (C=O) groups excluding carboxylic acids is 1. The summed E-state index contributed by atoms with van der Waals surface area (Å²) in [5.41, 5.74) is 0.635. The average molecular weight is 330 g/mol. The molecule has 3 rings (SSSR count). The fraction of sp³-hybridized carbons (Fsp3) is 0.650. The average Bonchev–Trinajstić information content (AvgIpc) is 2.77. The number of urea groups is 1. The van der Waals surface area contributed by atoms with Crippen LogP contribution < -0.4 is 10.1 Å². The van der Waals surface area contributed by atoms with Crippen LogP contribution in [0, 0.1) is 10.8 Å². The number of amides is 2. The second-order valence-corrected chi connectivity index (χ2v) is 8.59. The third-order valence-electron chi connectivity index (χ3n) is 5.28. The maximum absolute atomic E-state index is 12.5. The number of para-hydroxylation sites is 1. The molecule has 2 bridgehead atoms. The predicted octanol–water partition coefficient (Wildman–Crippen LogP) is 4.07. The van der Waals surface area contributed by atoms with Crippen LogP contribution in [-0.2, 0) is 0 Å². The summed E-state index contributed by atoms with van der Waals surface area (Å²) in [5, 5.41) is 3.08. The molecule has 0 radical (unpaired) electrons. The van der Waals surface area contributed by atoms with Crippen molar-refractivity contribution in [2.75, 3.05) is 19.7 Å². The molecule has 132 valence electrons. The second kappa shape index (κ2) is 6.66. The highest BCUT2D eigenvalue weighted by molar-refractivity contribution is 5.75. The van der Waals surface area contributed by atoms with Gasteiger partial charge in [-0.3, -0.25) is 0 Å². The third-order valence-corrected chi connectivity index (χ3v) is 5.28. The molecule has 1 aromatic rings. The van der Waals surface area contributed by atoms with E-state index in [-0.39, 0.29) is 6.03 Å². The number of nitrogens with one attached hydrogen (secondary N) is 1. The predicted molar refractivity (Wildman–Crippen MR) is 96.2 cm³/mol. The van der Waals surface area contributed by atoms with Crippen molar-refractivity contribution in [2.45, 2.75) is 52.5 Å². The van der Waals surface area contributed by atoms with E-state index in [1.165, 1.54) is 6.42 Å². The number of likely N-dealkylation sites (tertiary alicyclic amines) is 1. The third kappa shape index (κ3) is 4.03. The van der Waals surface area contributed by atoms with Crippen LogP contribution in [0.2, 0.25) is 0 Å². The van der Waals surface area contributed by atoms with Crippen molar-refractivity contribution in [1.82, 2.24) is 10.2 Å². The van der Waals surface area contributed by atoms with Gasteiger partial charge in [0.1, 0.15) is 5.75 Å². The Labute approximate surface area is 145 Å². The minimum absolute atomic E-state index is 0.0983. The molecule has 2 aliphatic rings. The van der Waals surface area contributed by atoms with Crippen LogP contribution >= 0.6 is 0 Å². The molecule has 24 heavy (non-hydrogen) atoms. The monoisotopic (exact) mass is 330 g/mol. The molecule has 1 saturated carbocycles. The van der Waals surface area contributed by atoms with E-state index in [2.05, 4.69) is 31.0 Å². The highest BCUT2D eigenvalue weighted by Crippen LogP contribution is 2.52. The Morgan fingerprint density at radius 1 is 1.25 bits per heavy atom. The lowest BCUT2D eigenvalue weighted by Gasteiger charge is -2.39. The Hall–Kier alpha value is -1.71. The van der Waals surface area contributed by atoms with Crippen LogP contribution in [0.15, 0.2) is 30.3 Å². The zero-order valence-electron chi connectivity index (χ0n) is 15.2. The molecule has 2 amide bonds. The van der Waals surface area contributed by atoms with Gasteiger partial charge in [-0.25, -0.2) is 4.79 Å². The highest BCUT2D eigenvalue weighted by Gasteiger charge is 2.50. The van der Waals surface area contributed by atoms with Crippen molar-refractivity contribution >= 4 is 6.03 Å². The first-order chi connectivity index (χ1) is 11.4. The van der Waals surface area contributed by atoms with Gasteiger partial charge in [0.05, 0.1) is 6.61 Å². The SMILES string of the molecule is CC1(C)CC2CC(C)(CN2C(=O)NCCCOc2ccccc2)C1. The first kappa shape index (κ1) is 17.1. The van der Waals surface area contributed by atoms with Crippen molar-refractivity contribution in [3.05, 3.63) is 30.3 Å². The van der Waals surface area contributed by atoms with Gasteiger partial charge in [-0.15, -0.1) is 0 Å². The van der Waals surface area contributed by atoms with Crippen LogP contribution in [0.5, 0.6) is 5.75 Å². The molecular weight excluding hydrogens is 300 g/mol. The molecule has 1 aromatic carbocycles. The number of nitrogens with zero attached hydrogens (tertiary/aromatic N) is 1. The van der Waals surface area contributed by atoms with Gasteiger partial charge >= 0.3 is 6.03 Å². The summed E-state index contributed by atoms with van der Waals surface area (Å²) < 4.78 is 5.66. The summed E-state index contributed by atoms with van der Waals surface area (Å²) in [6, 6.07) is 10.3. The summed E-state index contributed by atoms with van der Waals surface area (Å²) >= 11 is 0. The van der Waals surface area contributed by atoms with Crippen molar-refractivity contribution in [2.24, 2.45) is 10.8 Å². The Bertz CT molecular complexity index is 572. The molecule has 0 aromatic heterocycles. The number of benzene rings is 1. The van der Waals surface area contributed by atoms with Gasteiger partial charge in [-0.1, -0.05) is 39.0 Å². The van der Waals surface area contributed by atoms with E-state index in [0.717, 1.165) is 31.6 Å². The quantitative estimate of drug-likeness (QED) is 0.827. The van der Waals surface area contributed by atoms with Crippen molar-refractivity contribution in [3.63, 3.8) is 0 Å². The van der Waals surface area contributed by atoms with Crippen LogP contribution in [-0.4, -0.2) is 36.7 Å². The number of rotatable bonds is 5. The van der Waals surface area contributed by atoms with Crippen LogP contribution in [0.25, 0.3) is 0 Å². The first-order valence-electron chi connectivity index (χ1n) is 9.09. The van der Waals surface area contributed by atoms with Gasteiger partial charge in [0.15, 0.2) is 0 Å². The van der Waals surface area contributed by atoms with Crippen molar-refractivity contribution < 1.29 is 9.53 Å². The highest BCUT2D eigenvalue weighted by atomic mass is 16.5. The zero-order chi connectivity index (χ0) is 17.2. The Morgan fingerprint density at radius 3 is 2.75 bits per heavy atom. The van der Waals surface area contributed by atoms with E-state index in [9.17, 15) is 4.79 Å². The number of hydrogen-bond donors (Lipinski definition) is 1. The normalized spacial score (nSPS) is 27.8. The number of ether oxygens (including phenoxy) is 1. The number of hydrogen-bond acceptors (Lipinski definition) is 2. The van der Waals surface area contributed by atoms with E-state index in [1.807, 2.05) is 30.3 Å². The maximum Gasteiger partial charge on any atom is 0.317 e. The summed E-state index contributed by atoms with van der Waals surface area (Å²) in [6.45, 7) is 9.18. The molecule has 4 nitrogen and oxygen atoms in total. The van der Waals surface area contributed by atoms with Gasteiger partial charge in [-0.2, -0.15) is 0 Å². The Morgan fingerprint density at radius 2 is 2.00 bits per heavy atom. The van der Waals surface area contributed by atoms with Gasteiger partial charge in [-0.05, 0) is 48.6 Å². The van der Waals surface area contributed by atoms with E-state index in [0.29, 0.717) is 30.0 Å². The molecule has 1 aliphatic heterocycles.